The van der Waals surface area contributed by atoms with Crippen LogP contribution in [0.2, 0.25) is 0 Å². The van der Waals surface area contributed by atoms with Crippen LogP contribution in [0.5, 0.6) is 0 Å². The predicted molar refractivity (Wildman–Crippen MR) is 123 cm³/mol. The number of aliphatic hydroxyl groups excluding tert-OH is 1. The van der Waals surface area contributed by atoms with Crippen molar-refractivity contribution in [2.75, 3.05) is 26.3 Å². The SMILES string of the molecule is O=C(C[C@H]1CC[C@@H]2[C@H](COC[C@@H](O)CN2CCc2ccccc2)O1)NCc1ccc(F)cc1. The van der Waals surface area contributed by atoms with E-state index in [0.717, 1.165) is 31.4 Å². The van der Waals surface area contributed by atoms with Gasteiger partial charge in [0.2, 0.25) is 5.91 Å². The Bertz CT molecular complexity index is 880. The van der Waals surface area contributed by atoms with Crippen LogP contribution < -0.4 is 5.32 Å². The van der Waals surface area contributed by atoms with Crippen molar-refractivity contribution in [3.05, 3.63) is 71.5 Å². The van der Waals surface area contributed by atoms with Crippen molar-refractivity contribution in [1.29, 1.82) is 0 Å². The van der Waals surface area contributed by atoms with Gasteiger partial charge in [-0.1, -0.05) is 42.5 Å². The van der Waals surface area contributed by atoms with Gasteiger partial charge in [0.05, 0.1) is 37.9 Å². The molecule has 4 rings (SSSR count). The smallest absolute Gasteiger partial charge is 0.222 e. The van der Waals surface area contributed by atoms with E-state index in [0.29, 0.717) is 19.7 Å². The number of fused-ring (bicyclic) bond motifs is 1. The first kappa shape index (κ1) is 23.8. The van der Waals surface area contributed by atoms with Crippen LogP contribution in [0.15, 0.2) is 54.6 Å². The molecular formula is C26H33FN2O4. The molecule has 0 spiro atoms. The number of hydrogen-bond donors (Lipinski definition) is 2. The number of β-amino-alcohol motifs (C(OH)–C–C–N with tert-alkyl or cyclic N) is 1. The fourth-order valence-electron chi connectivity index (χ4n) is 4.70. The molecule has 2 heterocycles. The summed E-state index contributed by atoms with van der Waals surface area (Å²) < 4.78 is 25.1. The molecule has 2 aromatic rings. The van der Waals surface area contributed by atoms with Crippen molar-refractivity contribution in [2.24, 2.45) is 0 Å². The molecule has 7 heteroatoms. The minimum atomic E-state index is -0.517. The summed E-state index contributed by atoms with van der Waals surface area (Å²) >= 11 is 0. The molecule has 178 valence electrons. The summed E-state index contributed by atoms with van der Waals surface area (Å²) in [6.45, 7) is 2.47. The van der Waals surface area contributed by atoms with Gasteiger partial charge in [0.25, 0.3) is 0 Å². The maximum Gasteiger partial charge on any atom is 0.222 e. The van der Waals surface area contributed by atoms with Crippen LogP contribution in [0.3, 0.4) is 0 Å². The monoisotopic (exact) mass is 456 g/mol. The number of hydrogen-bond acceptors (Lipinski definition) is 5. The number of rotatable bonds is 7. The van der Waals surface area contributed by atoms with Gasteiger partial charge in [-0.15, -0.1) is 0 Å². The molecule has 1 amide bonds. The Morgan fingerprint density at radius 1 is 1.06 bits per heavy atom. The van der Waals surface area contributed by atoms with Crippen molar-refractivity contribution >= 4 is 5.91 Å². The quantitative estimate of drug-likeness (QED) is 0.671. The largest absolute Gasteiger partial charge is 0.389 e. The van der Waals surface area contributed by atoms with Gasteiger partial charge in [-0.2, -0.15) is 0 Å². The van der Waals surface area contributed by atoms with E-state index < -0.39 is 6.10 Å². The first-order chi connectivity index (χ1) is 16.1. The van der Waals surface area contributed by atoms with Gasteiger partial charge >= 0.3 is 0 Å². The molecule has 2 aromatic carbocycles. The number of nitrogens with one attached hydrogen (secondary N) is 1. The maximum absolute atomic E-state index is 13.0. The molecule has 0 unspecified atom stereocenters. The summed E-state index contributed by atoms with van der Waals surface area (Å²) in [5.41, 5.74) is 2.13. The number of benzene rings is 2. The van der Waals surface area contributed by atoms with E-state index in [1.54, 1.807) is 12.1 Å². The summed E-state index contributed by atoms with van der Waals surface area (Å²) in [5, 5.41) is 13.2. The molecule has 2 fully saturated rings. The first-order valence-electron chi connectivity index (χ1n) is 11.8. The second-order valence-corrected chi connectivity index (χ2v) is 8.97. The highest BCUT2D eigenvalue weighted by atomic mass is 19.1. The van der Waals surface area contributed by atoms with E-state index in [9.17, 15) is 14.3 Å². The minimum Gasteiger partial charge on any atom is -0.389 e. The van der Waals surface area contributed by atoms with E-state index in [-0.39, 0.29) is 43.0 Å². The number of carbonyl (C=O) groups is 1. The van der Waals surface area contributed by atoms with E-state index in [1.165, 1.54) is 17.7 Å². The third kappa shape index (κ3) is 7.08. The number of aliphatic hydroxyl groups is 1. The molecule has 0 aromatic heterocycles. The van der Waals surface area contributed by atoms with Crippen molar-refractivity contribution in [3.63, 3.8) is 0 Å². The maximum atomic E-state index is 13.0. The van der Waals surface area contributed by atoms with Crippen LogP contribution in [0.25, 0.3) is 0 Å². The molecule has 0 saturated carbocycles. The molecule has 33 heavy (non-hydrogen) atoms. The van der Waals surface area contributed by atoms with Crippen LogP contribution in [0.4, 0.5) is 4.39 Å². The lowest BCUT2D eigenvalue weighted by molar-refractivity contribution is -0.156. The number of amides is 1. The fourth-order valence-corrected chi connectivity index (χ4v) is 4.70. The lowest BCUT2D eigenvalue weighted by Gasteiger charge is -2.44. The average molecular weight is 457 g/mol. The lowest BCUT2D eigenvalue weighted by Crippen LogP contribution is -2.56. The molecule has 2 aliphatic rings. The summed E-state index contributed by atoms with van der Waals surface area (Å²) in [7, 11) is 0. The predicted octanol–water partition coefficient (Wildman–Crippen LogP) is 2.68. The first-order valence-corrected chi connectivity index (χ1v) is 11.8. The van der Waals surface area contributed by atoms with Crippen LogP contribution in [-0.4, -0.2) is 66.6 Å². The molecular weight excluding hydrogens is 423 g/mol. The van der Waals surface area contributed by atoms with Gasteiger partial charge in [-0.3, -0.25) is 9.69 Å². The van der Waals surface area contributed by atoms with E-state index in [1.807, 2.05) is 18.2 Å². The molecule has 0 radical (unpaired) electrons. The van der Waals surface area contributed by atoms with Crippen LogP contribution in [-0.2, 0) is 27.2 Å². The zero-order valence-corrected chi connectivity index (χ0v) is 18.9. The Labute approximate surface area is 194 Å². The zero-order chi connectivity index (χ0) is 23.0. The van der Waals surface area contributed by atoms with E-state index in [4.69, 9.17) is 9.47 Å². The molecule has 2 N–H and O–H groups in total. The van der Waals surface area contributed by atoms with Crippen molar-refractivity contribution < 1.29 is 23.8 Å². The Kier molecular flexibility index (Phi) is 8.45. The number of ether oxygens (including phenoxy) is 2. The van der Waals surface area contributed by atoms with Gasteiger partial charge in [-0.25, -0.2) is 4.39 Å². The molecule has 2 aliphatic heterocycles. The van der Waals surface area contributed by atoms with Gasteiger partial charge in [0, 0.05) is 25.7 Å². The molecule has 0 bridgehead atoms. The average Bonchev–Trinajstić information content (AvgIpc) is 2.81. The third-order valence-corrected chi connectivity index (χ3v) is 6.43. The van der Waals surface area contributed by atoms with Gasteiger partial charge in [0.1, 0.15) is 5.82 Å². The fraction of sp³-hybridized carbons (Fsp3) is 0.500. The Morgan fingerprint density at radius 3 is 2.64 bits per heavy atom. The van der Waals surface area contributed by atoms with Gasteiger partial charge in [0.15, 0.2) is 0 Å². The Hall–Kier alpha value is -2.32. The third-order valence-electron chi connectivity index (χ3n) is 6.43. The molecule has 6 nitrogen and oxygen atoms in total. The zero-order valence-electron chi connectivity index (χ0n) is 18.9. The standard InChI is InChI=1S/C26H33FN2O4/c27-21-8-6-20(7-9-21)15-28-26(31)14-23-10-11-24-25(33-23)18-32-17-22(30)16-29(24)13-12-19-4-2-1-3-5-19/h1-9,22-25,30H,10-18H2,(H,28,31)/t22-,23+,24+,25-/m0/s1. The number of halogens is 1. The van der Waals surface area contributed by atoms with Crippen LogP contribution >= 0.6 is 0 Å². The Balaban J connectivity index is 1.30. The number of carbonyl (C=O) groups excluding carboxylic acids is 1. The van der Waals surface area contributed by atoms with Crippen molar-refractivity contribution in [1.82, 2.24) is 10.2 Å². The van der Waals surface area contributed by atoms with E-state index in [2.05, 4.69) is 22.3 Å². The van der Waals surface area contributed by atoms with Crippen LogP contribution in [0, 0.1) is 5.82 Å². The molecule has 4 atom stereocenters. The summed E-state index contributed by atoms with van der Waals surface area (Å²) in [6.07, 6.45) is 2.07. The number of nitrogens with zero attached hydrogens (tertiary/aromatic N) is 1. The molecule has 2 saturated heterocycles. The topological polar surface area (TPSA) is 71.0 Å². The highest BCUT2D eigenvalue weighted by Crippen LogP contribution is 2.28. The summed E-state index contributed by atoms with van der Waals surface area (Å²) in [6, 6.07) is 16.6. The second kappa shape index (κ2) is 11.7. The van der Waals surface area contributed by atoms with E-state index >= 15 is 0 Å². The minimum absolute atomic E-state index is 0.0779. The second-order valence-electron chi connectivity index (χ2n) is 8.97. The van der Waals surface area contributed by atoms with Gasteiger partial charge in [-0.05, 0) is 42.5 Å². The van der Waals surface area contributed by atoms with Crippen LogP contribution in [0.1, 0.15) is 30.4 Å². The highest BCUT2D eigenvalue weighted by molar-refractivity contribution is 5.76. The lowest BCUT2D eigenvalue weighted by atomic mass is 9.94. The Morgan fingerprint density at radius 2 is 1.85 bits per heavy atom. The highest BCUT2D eigenvalue weighted by Gasteiger charge is 2.37. The van der Waals surface area contributed by atoms with Gasteiger partial charge < -0.3 is 19.9 Å². The van der Waals surface area contributed by atoms with Crippen molar-refractivity contribution in [2.45, 2.75) is 56.6 Å². The molecule has 0 aliphatic carbocycles. The normalized spacial score (nSPS) is 26.1. The van der Waals surface area contributed by atoms with Crippen molar-refractivity contribution in [3.8, 4) is 0 Å². The summed E-state index contributed by atoms with van der Waals surface area (Å²) in [5.74, 6) is -0.368. The summed E-state index contributed by atoms with van der Waals surface area (Å²) in [4.78, 5) is 14.8.